The summed E-state index contributed by atoms with van der Waals surface area (Å²) in [5, 5.41) is 6.73. The first-order valence-electron chi connectivity index (χ1n) is 10.1. The summed E-state index contributed by atoms with van der Waals surface area (Å²) in [6.45, 7) is 1.76. The van der Waals surface area contributed by atoms with Crippen LogP contribution in [-0.4, -0.2) is 47.1 Å². The minimum atomic E-state index is 0.140. The van der Waals surface area contributed by atoms with Crippen LogP contribution in [0.3, 0.4) is 0 Å². The maximum atomic E-state index is 12.8. The third kappa shape index (κ3) is 3.00. The van der Waals surface area contributed by atoms with Crippen molar-refractivity contribution in [2.24, 2.45) is 0 Å². The molecule has 5 rings (SSSR count). The van der Waals surface area contributed by atoms with Gasteiger partial charge in [-0.2, -0.15) is 0 Å². The Morgan fingerprint density at radius 1 is 1.04 bits per heavy atom. The predicted octanol–water partition coefficient (Wildman–Crippen LogP) is 3.14. The van der Waals surface area contributed by atoms with Crippen LogP contribution in [0, 0.1) is 0 Å². The molecule has 5 heteroatoms. The van der Waals surface area contributed by atoms with Gasteiger partial charge in [0.15, 0.2) is 0 Å². The van der Waals surface area contributed by atoms with Gasteiger partial charge in [0.25, 0.3) is 0 Å². The first-order chi connectivity index (χ1) is 13.3. The number of piperidine rings is 1. The summed E-state index contributed by atoms with van der Waals surface area (Å²) < 4.78 is 0. The zero-order chi connectivity index (χ0) is 18.2. The second-order valence-electron chi connectivity index (χ2n) is 8.02. The first-order valence-corrected chi connectivity index (χ1v) is 10.1. The fraction of sp³-hybridized carbons (Fsp3) is 0.455. The van der Waals surface area contributed by atoms with Crippen molar-refractivity contribution in [1.82, 2.24) is 20.5 Å². The lowest BCUT2D eigenvalue weighted by molar-refractivity contribution is -0.00443. The van der Waals surface area contributed by atoms with Crippen molar-refractivity contribution in [3.05, 3.63) is 54.4 Å². The molecular weight excluding hydrogens is 336 g/mol. The van der Waals surface area contributed by atoms with Gasteiger partial charge in [0.05, 0.1) is 12.1 Å². The number of pyridine rings is 1. The van der Waals surface area contributed by atoms with E-state index in [1.165, 1.54) is 24.0 Å². The van der Waals surface area contributed by atoms with Crippen molar-refractivity contribution in [3.63, 3.8) is 0 Å². The third-order valence-corrected chi connectivity index (χ3v) is 6.46. The quantitative estimate of drug-likeness (QED) is 0.882. The highest BCUT2D eigenvalue weighted by molar-refractivity contribution is 5.77. The second-order valence-corrected chi connectivity index (χ2v) is 8.02. The number of amides is 2. The molecule has 3 heterocycles. The highest BCUT2D eigenvalue weighted by Gasteiger charge is 2.53. The number of hydrogen-bond donors (Lipinski definition) is 2. The number of fused-ring (bicyclic) bond motifs is 2. The second kappa shape index (κ2) is 6.97. The SMILES string of the molecule is O=C(NC1CCCC1)N1[C@@H]2CNC[C@H]1C2c1ccc(-c2cccnc2)cc1. The van der Waals surface area contributed by atoms with E-state index in [2.05, 4.69) is 50.8 Å². The lowest BCUT2D eigenvalue weighted by Crippen LogP contribution is -2.75. The molecule has 2 saturated heterocycles. The molecule has 1 aromatic heterocycles. The average Bonchev–Trinajstić information content (AvgIpc) is 3.23. The van der Waals surface area contributed by atoms with Crippen LogP contribution in [0.4, 0.5) is 4.79 Å². The molecule has 1 aliphatic carbocycles. The number of carbonyl (C=O) groups is 1. The Kier molecular flexibility index (Phi) is 4.32. The molecule has 1 saturated carbocycles. The molecule has 2 bridgehead atoms. The van der Waals surface area contributed by atoms with Crippen LogP contribution in [0.15, 0.2) is 48.8 Å². The lowest BCUT2D eigenvalue weighted by Gasteiger charge is -2.59. The van der Waals surface area contributed by atoms with E-state index in [-0.39, 0.29) is 18.1 Å². The molecule has 140 valence electrons. The summed E-state index contributed by atoms with van der Waals surface area (Å²) in [5.41, 5.74) is 3.66. The van der Waals surface area contributed by atoms with Crippen LogP contribution >= 0.6 is 0 Å². The minimum Gasteiger partial charge on any atom is -0.335 e. The van der Waals surface area contributed by atoms with Crippen molar-refractivity contribution in [3.8, 4) is 11.1 Å². The van der Waals surface area contributed by atoms with Crippen LogP contribution in [0.1, 0.15) is 37.2 Å². The molecule has 2 aliphatic heterocycles. The van der Waals surface area contributed by atoms with Gasteiger partial charge in [-0.3, -0.25) is 4.98 Å². The van der Waals surface area contributed by atoms with Crippen molar-refractivity contribution >= 4 is 6.03 Å². The van der Waals surface area contributed by atoms with Gasteiger partial charge in [-0.05, 0) is 35.6 Å². The van der Waals surface area contributed by atoms with Gasteiger partial charge in [0.2, 0.25) is 0 Å². The van der Waals surface area contributed by atoms with Crippen LogP contribution in [0.25, 0.3) is 11.1 Å². The number of aromatic nitrogens is 1. The summed E-state index contributed by atoms with van der Waals surface area (Å²) in [4.78, 5) is 19.1. The predicted molar refractivity (Wildman–Crippen MR) is 105 cm³/mol. The monoisotopic (exact) mass is 362 g/mol. The lowest BCUT2D eigenvalue weighted by atomic mass is 9.72. The maximum absolute atomic E-state index is 12.8. The fourth-order valence-electron chi connectivity index (χ4n) is 5.07. The fourth-order valence-corrected chi connectivity index (χ4v) is 5.07. The normalized spacial score (nSPS) is 27.3. The molecule has 2 aromatic rings. The van der Waals surface area contributed by atoms with E-state index in [0.717, 1.165) is 31.5 Å². The van der Waals surface area contributed by atoms with E-state index in [4.69, 9.17) is 0 Å². The maximum Gasteiger partial charge on any atom is 0.318 e. The van der Waals surface area contributed by atoms with Crippen molar-refractivity contribution in [1.29, 1.82) is 0 Å². The summed E-state index contributed by atoms with van der Waals surface area (Å²) >= 11 is 0. The summed E-state index contributed by atoms with van der Waals surface area (Å²) in [6.07, 6.45) is 8.44. The Morgan fingerprint density at radius 3 is 2.44 bits per heavy atom. The molecule has 3 aliphatic rings. The molecule has 2 amide bonds. The minimum absolute atomic E-state index is 0.140. The summed E-state index contributed by atoms with van der Waals surface area (Å²) in [6, 6.07) is 13.9. The zero-order valence-corrected chi connectivity index (χ0v) is 15.5. The van der Waals surface area contributed by atoms with Crippen LogP contribution in [0.2, 0.25) is 0 Å². The van der Waals surface area contributed by atoms with Gasteiger partial charge < -0.3 is 15.5 Å². The number of carbonyl (C=O) groups excluding carboxylic acids is 1. The van der Waals surface area contributed by atoms with Crippen LogP contribution < -0.4 is 10.6 Å². The smallest absolute Gasteiger partial charge is 0.318 e. The molecule has 27 heavy (non-hydrogen) atoms. The molecule has 1 aromatic carbocycles. The highest BCUT2D eigenvalue weighted by Crippen LogP contribution is 2.43. The van der Waals surface area contributed by atoms with Gasteiger partial charge in [0.1, 0.15) is 0 Å². The standard InChI is InChI=1S/C22H26N4O/c27-22(25-18-5-1-2-6-18)26-19-13-24-14-20(26)21(19)16-9-7-15(8-10-16)17-4-3-11-23-12-17/h3-4,7-12,18-21,24H,1-2,5-6,13-14H2,(H,25,27)/t19-,20+,21?. The van der Waals surface area contributed by atoms with Gasteiger partial charge in [0, 0.05) is 37.4 Å². The van der Waals surface area contributed by atoms with E-state index >= 15 is 0 Å². The van der Waals surface area contributed by atoms with E-state index in [0.29, 0.717) is 12.0 Å². The van der Waals surface area contributed by atoms with Gasteiger partial charge in [-0.15, -0.1) is 0 Å². The number of nitrogens with one attached hydrogen (secondary N) is 2. The highest BCUT2D eigenvalue weighted by atomic mass is 16.2. The molecule has 3 fully saturated rings. The number of nitrogens with zero attached hydrogens (tertiary/aromatic N) is 2. The van der Waals surface area contributed by atoms with Gasteiger partial charge in [-0.25, -0.2) is 4.79 Å². The first kappa shape index (κ1) is 16.8. The largest absolute Gasteiger partial charge is 0.335 e. The third-order valence-electron chi connectivity index (χ3n) is 6.46. The average molecular weight is 362 g/mol. The number of piperazine rings is 1. The van der Waals surface area contributed by atoms with E-state index in [1.807, 2.05) is 12.3 Å². The molecule has 3 atom stereocenters. The Morgan fingerprint density at radius 2 is 1.78 bits per heavy atom. The molecule has 0 spiro atoms. The van der Waals surface area contributed by atoms with Crippen molar-refractivity contribution in [2.45, 2.75) is 49.7 Å². The number of benzene rings is 1. The van der Waals surface area contributed by atoms with E-state index < -0.39 is 0 Å². The number of rotatable bonds is 3. The van der Waals surface area contributed by atoms with Gasteiger partial charge in [-0.1, -0.05) is 43.2 Å². The van der Waals surface area contributed by atoms with Crippen LogP contribution in [0.5, 0.6) is 0 Å². The molecular formula is C22H26N4O. The van der Waals surface area contributed by atoms with Crippen LogP contribution in [-0.2, 0) is 0 Å². The summed E-state index contributed by atoms with van der Waals surface area (Å²) in [7, 11) is 0. The number of urea groups is 1. The summed E-state index contributed by atoms with van der Waals surface area (Å²) in [5.74, 6) is 0.434. The van der Waals surface area contributed by atoms with Gasteiger partial charge >= 0.3 is 6.03 Å². The van der Waals surface area contributed by atoms with E-state index in [1.54, 1.807) is 6.20 Å². The zero-order valence-electron chi connectivity index (χ0n) is 15.5. The molecule has 2 N–H and O–H groups in total. The Hall–Kier alpha value is -2.40. The van der Waals surface area contributed by atoms with Crippen molar-refractivity contribution < 1.29 is 4.79 Å². The number of hydrogen-bond acceptors (Lipinski definition) is 3. The Labute approximate surface area is 160 Å². The molecule has 5 nitrogen and oxygen atoms in total. The molecule has 1 unspecified atom stereocenters. The Balaban J connectivity index is 1.30. The Bertz CT molecular complexity index is 789. The molecule has 0 radical (unpaired) electrons. The van der Waals surface area contributed by atoms with E-state index in [9.17, 15) is 4.79 Å². The van der Waals surface area contributed by atoms with Crippen molar-refractivity contribution in [2.75, 3.05) is 13.1 Å². The topological polar surface area (TPSA) is 57.3 Å².